The summed E-state index contributed by atoms with van der Waals surface area (Å²) in [5, 5.41) is 9.65. The Kier molecular flexibility index (Phi) is 6.58. The standard InChI is InChI=1S/C22H26FNO3/c1-27-21-4-2-3-19(20(21)15-25)22(26)17-10-13-24(14-11-17)12-9-16-5-7-18(23)8-6-16/h2-8,17,25H,9-15H2,1H3. The van der Waals surface area contributed by atoms with E-state index >= 15 is 0 Å². The second-order valence-electron chi connectivity index (χ2n) is 7.00. The molecule has 0 amide bonds. The van der Waals surface area contributed by atoms with Crippen LogP contribution in [0.4, 0.5) is 4.39 Å². The molecule has 3 rings (SSSR count). The monoisotopic (exact) mass is 371 g/mol. The Hall–Kier alpha value is -2.24. The van der Waals surface area contributed by atoms with Gasteiger partial charge >= 0.3 is 0 Å². The molecule has 0 radical (unpaired) electrons. The van der Waals surface area contributed by atoms with E-state index in [0.29, 0.717) is 16.9 Å². The van der Waals surface area contributed by atoms with Crippen LogP contribution < -0.4 is 4.74 Å². The van der Waals surface area contributed by atoms with Gasteiger partial charge in [0.25, 0.3) is 0 Å². The second kappa shape index (κ2) is 9.11. The number of hydrogen-bond acceptors (Lipinski definition) is 4. The summed E-state index contributed by atoms with van der Waals surface area (Å²) in [6.07, 6.45) is 2.50. The molecule has 0 saturated carbocycles. The van der Waals surface area contributed by atoms with Crippen molar-refractivity contribution in [2.45, 2.75) is 25.9 Å². The Morgan fingerprint density at radius 3 is 2.52 bits per heavy atom. The summed E-state index contributed by atoms with van der Waals surface area (Å²) < 4.78 is 18.2. The Morgan fingerprint density at radius 2 is 1.89 bits per heavy atom. The van der Waals surface area contributed by atoms with Gasteiger partial charge in [-0.1, -0.05) is 24.3 Å². The van der Waals surface area contributed by atoms with Gasteiger partial charge in [0.15, 0.2) is 5.78 Å². The summed E-state index contributed by atoms with van der Waals surface area (Å²) in [6.45, 7) is 2.45. The number of likely N-dealkylation sites (tertiary alicyclic amines) is 1. The number of halogens is 1. The molecule has 0 aliphatic carbocycles. The van der Waals surface area contributed by atoms with Crippen LogP contribution in [0.1, 0.15) is 34.3 Å². The predicted octanol–water partition coefficient (Wildman–Crippen LogP) is 3.46. The first-order chi connectivity index (χ1) is 13.1. The van der Waals surface area contributed by atoms with Crippen molar-refractivity contribution in [3.63, 3.8) is 0 Å². The topological polar surface area (TPSA) is 49.8 Å². The highest BCUT2D eigenvalue weighted by molar-refractivity contribution is 5.99. The first-order valence-electron chi connectivity index (χ1n) is 9.40. The summed E-state index contributed by atoms with van der Waals surface area (Å²) in [5.41, 5.74) is 2.27. The molecule has 0 unspecified atom stereocenters. The quantitative estimate of drug-likeness (QED) is 0.758. The van der Waals surface area contributed by atoms with Crippen molar-refractivity contribution >= 4 is 5.78 Å². The lowest BCUT2D eigenvalue weighted by Gasteiger charge is -2.31. The number of nitrogens with zero attached hydrogens (tertiary/aromatic N) is 1. The fraction of sp³-hybridized carbons (Fsp3) is 0.409. The molecule has 27 heavy (non-hydrogen) atoms. The van der Waals surface area contributed by atoms with Crippen molar-refractivity contribution in [3.8, 4) is 5.75 Å². The van der Waals surface area contributed by atoms with Crippen LogP contribution in [0.2, 0.25) is 0 Å². The highest BCUT2D eigenvalue weighted by Gasteiger charge is 2.27. The molecule has 4 nitrogen and oxygen atoms in total. The average Bonchev–Trinajstić information content (AvgIpc) is 2.72. The maximum absolute atomic E-state index is 13.0. The maximum Gasteiger partial charge on any atom is 0.166 e. The molecule has 1 saturated heterocycles. The maximum atomic E-state index is 13.0. The number of carbonyl (C=O) groups excluding carboxylic acids is 1. The lowest BCUT2D eigenvalue weighted by Crippen LogP contribution is -2.37. The largest absolute Gasteiger partial charge is 0.496 e. The smallest absolute Gasteiger partial charge is 0.166 e. The number of aliphatic hydroxyl groups excluding tert-OH is 1. The zero-order valence-electron chi connectivity index (χ0n) is 15.7. The Labute approximate surface area is 159 Å². The summed E-state index contributed by atoms with van der Waals surface area (Å²) in [5.74, 6) is 0.415. The molecule has 0 bridgehead atoms. The van der Waals surface area contributed by atoms with E-state index in [2.05, 4.69) is 4.90 Å². The predicted molar refractivity (Wildman–Crippen MR) is 103 cm³/mol. The third-order valence-electron chi connectivity index (χ3n) is 5.36. The third-order valence-corrected chi connectivity index (χ3v) is 5.36. The van der Waals surface area contributed by atoms with Crippen LogP contribution in [0.25, 0.3) is 0 Å². The van der Waals surface area contributed by atoms with Crippen molar-refractivity contribution in [2.75, 3.05) is 26.7 Å². The number of aliphatic hydroxyl groups is 1. The zero-order chi connectivity index (χ0) is 19.2. The van der Waals surface area contributed by atoms with E-state index in [4.69, 9.17) is 4.74 Å². The third kappa shape index (κ3) is 4.73. The van der Waals surface area contributed by atoms with Crippen molar-refractivity contribution in [2.24, 2.45) is 5.92 Å². The molecule has 1 fully saturated rings. The minimum atomic E-state index is -0.210. The first kappa shape index (κ1) is 19.5. The lowest BCUT2D eigenvalue weighted by atomic mass is 9.87. The first-order valence-corrected chi connectivity index (χ1v) is 9.40. The number of benzene rings is 2. The van der Waals surface area contributed by atoms with Crippen LogP contribution in [-0.2, 0) is 13.0 Å². The molecular formula is C22H26FNO3. The van der Waals surface area contributed by atoms with Crippen molar-refractivity contribution in [1.29, 1.82) is 0 Å². The molecule has 0 spiro atoms. The minimum absolute atomic E-state index is 0.0236. The van der Waals surface area contributed by atoms with Gasteiger partial charge in [0.1, 0.15) is 11.6 Å². The molecule has 5 heteroatoms. The number of ketones is 1. The normalized spacial score (nSPS) is 15.7. The van der Waals surface area contributed by atoms with Gasteiger partial charge in [-0.2, -0.15) is 0 Å². The van der Waals surface area contributed by atoms with Gasteiger partial charge in [-0.15, -0.1) is 0 Å². The number of piperidine rings is 1. The van der Waals surface area contributed by atoms with Crippen LogP contribution >= 0.6 is 0 Å². The molecule has 1 aliphatic rings. The zero-order valence-corrected chi connectivity index (χ0v) is 15.7. The van der Waals surface area contributed by atoms with Gasteiger partial charge in [0.2, 0.25) is 0 Å². The highest BCUT2D eigenvalue weighted by atomic mass is 19.1. The SMILES string of the molecule is COc1cccc(C(=O)C2CCN(CCc3ccc(F)cc3)CC2)c1CO. The summed E-state index contributed by atoms with van der Waals surface area (Å²) >= 11 is 0. The highest BCUT2D eigenvalue weighted by Crippen LogP contribution is 2.28. The average molecular weight is 371 g/mol. The van der Waals surface area contributed by atoms with Gasteiger partial charge < -0.3 is 14.7 Å². The van der Waals surface area contributed by atoms with E-state index in [0.717, 1.165) is 44.5 Å². The van der Waals surface area contributed by atoms with E-state index < -0.39 is 0 Å². The number of carbonyl (C=O) groups is 1. The lowest BCUT2D eigenvalue weighted by molar-refractivity contribution is 0.0837. The van der Waals surface area contributed by atoms with Gasteiger partial charge in [-0.05, 0) is 56.1 Å². The molecule has 2 aromatic carbocycles. The van der Waals surface area contributed by atoms with Crippen LogP contribution in [0.3, 0.4) is 0 Å². The summed E-state index contributed by atoms with van der Waals surface area (Å²) in [7, 11) is 1.54. The van der Waals surface area contributed by atoms with Crippen LogP contribution in [0, 0.1) is 11.7 Å². The summed E-state index contributed by atoms with van der Waals surface area (Å²) in [4.78, 5) is 15.3. The molecule has 1 N–H and O–H groups in total. The van der Waals surface area contributed by atoms with Crippen LogP contribution in [0.5, 0.6) is 5.75 Å². The van der Waals surface area contributed by atoms with Crippen molar-refractivity contribution < 1.29 is 19.0 Å². The second-order valence-corrected chi connectivity index (χ2v) is 7.00. The minimum Gasteiger partial charge on any atom is -0.496 e. The number of rotatable bonds is 7. The fourth-order valence-electron chi connectivity index (χ4n) is 3.73. The molecule has 0 aromatic heterocycles. The molecule has 0 atom stereocenters. The molecular weight excluding hydrogens is 345 g/mol. The van der Waals surface area contributed by atoms with Gasteiger partial charge in [0, 0.05) is 23.6 Å². The van der Waals surface area contributed by atoms with Gasteiger partial charge in [-0.25, -0.2) is 4.39 Å². The van der Waals surface area contributed by atoms with E-state index in [9.17, 15) is 14.3 Å². The van der Waals surface area contributed by atoms with Crippen LogP contribution in [0.15, 0.2) is 42.5 Å². The summed E-state index contributed by atoms with van der Waals surface area (Å²) in [6, 6.07) is 12.0. The van der Waals surface area contributed by atoms with Gasteiger partial charge in [0.05, 0.1) is 13.7 Å². The van der Waals surface area contributed by atoms with E-state index in [-0.39, 0.29) is 24.1 Å². The molecule has 1 heterocycles. The van der Waals surface area contributed by atoms with Crippen LogP contribution in [-0.4, -0.2) is 42.5 Å². The number of Topliss-reactive ketones (excluding diaryl/α,β-unsaturated/α-hetero) is 1. The molecule has 2 aromatic rings. The van der Waals surface area contributed by atoms with Gasteiger partial charge in [-0.3, -0.25) is 4.79 Å². The van der Waals surface area contributed by atoms with Crippen molar-refractivity contribution in [3.05, 3.63) is 65.0 Å². The fourth-order valence-corrected chi connectivity index (χ4v) is 3.73. The Balaban J connectivity index is 1.56. The van der Waals surface area contributed by atoms with E-state index in [1.807, 2.05) is 12.1 Å². The number of methoxy groups -OCH3 is 1. The van der Waals surface area contributed by atoms with Crippen molar-refractivity contribution in [1.82, 2.24) is 4.90 Å². The number of ether oxygens (including phenoxy) is 1. The molecule has 144 valence electrons. The Morgan fingerprint density at radius 1 is 1.19 bits per heavy atom. The van der Waals surface area contributed by atoms with E-state index in [1.54, 1.807) is 25.3 Å². The Bertz CT molecular complexity index is 768. The number of hydrogen-bond donors (Lipinski definition) is 1. The molecule has 1 aliphatic heterocycles. The van der Waals surface area contributed by atoms with E-state index in [1.165, 1.54) is 12.1 Å².